The van der Waals surface area contributed by atoms with E-state index in [0.717, 1.165) is 18.0 Å². The molecule has 7 heteroatoms. The summed E-state index contributed by atoms with van der Waals surface area (Å²) in [7, 11) is 0. The molecule has 0 aliphatic heterocycles. The number of hydrogen-bond acceptors (Lipinski definition) is 4. The summed E-state index contributed by atoms with van der Waals surface area (Å²) >= 11 is 1.12. The highest BCUT2D eigenvalue weighted by Gasteiger charge is 2.42. The zero-order chi connectivity index (χ0) is 11.8. The molecule has 16 heavy (non-hydrogen) atoms. The Labute approximate surface area is 95.0 Å². The Kier molecular flexibility index (Phi) is 3.05. The lowest BCUT2D eigenvalue weighted by molar-refractivity contribution is -0.183. The van der Waals surface area contributed by atoms with Crippen molar-refractivity contribution in [1.82, 2.24) is 9.36 Å². The molecule has 1 saturated carbocycles. The molecule has 0 saturated heterocycles. The lowest BCUT2D eigenvalue weighted by Gasteiger charge is -2.29. The van der Waals surface area contributed by atoms with Crippen molar-refractivity contribution in [1.29, 1.82) is 0 Å². The Morgan fingerprint density at radius 2 is 2.06 bits per heavy atom. The fourth-order valence-corrected chi connectivity index (χ4v) is 2.85. The van der Waals surface area contributed by atoms with Crippen molar-refractivity contribution in [2.75, 3.05) is 5.73 Å². The molecule has 2 rings (SSSR count). The van der Waals surface area contributed by atoms with Crippen molar-refractivity contribution in [3.05, 3.63) is 5.01 Å². The summed E-state index contributed by atoms with van der Waals surface area (Å²) < 4.78 is 41.5. The molecule has 2 unspecified atom stereocenters. The quantitative estimate of drug-likeness (QED) is 0.834. The van der Waals surface area contributed by atoms with Gasteiger partial charge in [-0.1, -0.05) is 6.42 Å². The minimum Gasteiger partial charge on any atom is -0.367 e. The van der Waals surface area contributed by atoms with Gasteiger partial charge in [-0.2, -0.15) is 17.5 Å². The predicted molar refractivity (Wildman–Crippen MR) is 55.1 cm³/mol. The van der Waals surface area contributed by atoms with Gasteiger partial charge in [0.15, 0.2) is 0 Å². The van der Waals surface area contributed by atoms with Crippen LogP contribution in [0.4, 0.5) is 19.1 Å². The lowest BCUT2D eigenvalue weighted by atomic mass is 9.81. The molecule has 1 aromatic rings. The van der Waals surface area contributed by atoms with Gasteiger partial charge in [0.05, 0.1) is 5.92 Å². The zero-order valence-corrected chi connectivity index (χ0v) is 9.31. The molecular weight excluding hydrogens is 239 g/mol. The van der Waals surface area contributed by atoms with Gasteiger partial charge < -0.3 is 5.73 Å². The van der Waals surface area contributed by atoms with Gasteiger partial charge >= 0.3 is 6.18 Å². The Balaban J connectivity index is 2.07. The first-order chi connectivity index (χ1) is 7.47. The van der Waals surface area contributed by atoms with E-state index < -0.39 is 12.1 Å². The van der Waals surface area contributed by atoms with Crippen molar-refractivity contribution < 1.29 is 13.2 Å². The fraction of sp³-hybridized carbons (Fsp3) is 0.778. The predicted octanol–water partition coefficient (Wildman–Crippen LogP) is 2.96. The third kappa shape index (κ3) is 2.45. The zero-order valence-electron chi connectivity index (χ0n) is 8.50. The number of rotatable bonds is 1. The molecule has 0 radical (unpaired) electrons. The van der Waals surface area contributed by atoms with Gasteiger partial charge in [-0.15, -0.1) is 0 Å². The molecule has 1 aromatic heterocycles. The van der Waals surface area contributed by atoms with Gasteiger partial charge in [0.25, 0.3) is 0 Å². The maximum atomic E-state index is 12.6. The van der Waals surface area contributed by atoms with E-state index in [2.05, 4.69) is 9.36 Å². The van der Waals surface area contributed by atoms with Crippen LogP contribution in [0.3, 0.4) is 0 Å². The van der Waals surface area contributed by atoms with Gasteiger partial charge in [0.1, 0.15) is 5.01 Å². The first-order valence-corrected chi connectivity index (χ1v) is 5.90. The fourth-order valence-electron chi connectivity index (χ4n) is 2.12. The third-order valence-electron chi connectivity index (χ3n) is 2.94. The van der Waals surface area contributed by atoms with E-state index in [1.807, 2.05) is 0 Å². The van der Waals surface area contributed by atoms with Crippen LogP contribution in [0.25, 0.3) is 0 Å². The highest BCUT2D eigenvalue weighted by atomic mass is 32.1. The van der Waals surface area contributed by atoms with Gasteiger partial charge in [-0.25, -0.2) is 4.98 Å². The van der Waals surface area contributed by atoms with Crippen molar-refractivity contribution in [3.8, 4) is 0 Å². The number of nitrogen functional groups attached to an aromatic ring is 1. The monoisotopic (exact) mass is 251 g/mol. The highest BCUT2D eigenvalue weighted by Crippen LogP contribution is 2.43. The summed E-state index contributed by atoms with van der Waals surface area (Å²) in [6.45, 7) is 0. The van der Waals surface area contributed by atoms with Crippen LogP contribution in [0.15, 0.2) is 0 Å². The van der Waals surface area contributed by atoms with Crippen molar-refractivity contribution in [2.24, 2.45) is 5.92 Å². The average molecular weight is 251 g/mol. The van der Waals surface area contributed by atoms with Crippen LogP contribution in [0.1, 0.15) is 36.6 Å². The summed E-state index contributed by atoms with van der Waals surface area (Å²) in [4.78, 5) is 3.97. The Morgan fingerprint density at radius 3 is 2.62 bits per heavy atom. The average Bonchev–Trinajstić information content (AvgIpc) is 2.64. The molecule has 2 N–H and O–H groups in total. The van der Waals surface area contributed by atoms with Crippen LogP contribution in [-0.2, 0) is 0 Å². The van der Waals surface area contributed by atoms with Crippen molar-refractivity contribution >= 4 is 17.5 Å². The number of nitrogens with zero attached hydrogens (tertiary/aromatic N) is 2. The maximum absolute atomic E-state index is 12.6. The summed E-state index contributed by atoms with van der Waals surface area (Å²) in [5, 5.41) is 0.645. The number of aromatic nitrogens is 2. The minimum absolute atomic E-state index is 0.123. The molecule has 0 aromatic carbocycles. The molecule has 1 heterocycles. The van der Waals surface area contributed by atoms with Gasteiger partial charge in [0, 0.05) is 5.92 Å². The second-order valence-electron chi connectivity index (χ2n) is 4.09. The largest absolute Gasteiger partial charge is 0.391 e. The standard InChI is InChI=1S/C9H12F3N3S/c10-9(11,12)6-3-1-2-5(4-6)7-14-8(13)15-16-7/h5-6H,1-4H2,(H2,13,15). The number of halogens is 3. The molecule has 0 bridgehead atoms. The first-order valence-electron chi connectivity index (χ1n) is 5.12. The Hall–Kier alpha value is -0.850. The lowest BCUT2D eigenvalue weighted by Crippen LogP contribution is -2.28. The normalized spacial score (nSPS) is 26.9. The van der Waals surface area contributed by atoms with Crippen LogP contribution in [0.5, 0.6) is 0 Å². The smallest absolute Gasteiger partial charge is 0.367 e. The minimum atomic E-state index is -4.09. The summed E-state index contributed by atoms with van der Waals surface area (Å²) in [5.41, 5.74) is 5.37. The summed E-state index contributed by atoms with van der Waals surface area (Å²) in [5.74, 6) is -1.17. The van der Waals surface area contributed by atoms with E-state index in [-0.39, 0.29) is 24.7 Å². The number of nitrogens with two attached hydrogens (primary N) is 1. The molecule has 0 spiro atoms. The Bertz CT molecular complexity index is 363. The summed E-state index contributed by atoms with van der Waals surface area (Å²) in [6, 6.07) is 0. The number of alkyl halides is 3. The van der Waals surface area contributed by atoms with E-state index in [1.165, 1.54) is 0 Å². The second kappa shape index (κ2) is 4.20. The van der Waals surface area contributed by atoms with Crippen LogP contribution in [0.2, 0.25) is 0 Å². The van der Waals surface area contributed by atoms with Crippen LogP contribution < -0.4 is 5.73 Å². The van der Waals surface area contributed by atoms with Crippen molar-refractivity contribution in [3.63, 3.8) is 0 Å². The number of anilines is 1. The van der Waals surface area contributed by atoms with E-state index in [9.17, 15) is 13.2 Å². The molecule has 90 valence electrons. The van der Waals surface area contributed by atoms with Crippen LogP contribution in [-0.4, -0.2) is 15.5 Å². The van der Waals surface area contributed by atoms with E-state index >= 15 is 0 Å². The van der Waals surface area contributed by atoms with Crippen LogP contribution >= 0.6 is 11.5 Å². The molecule has 1 fully saturated rings. The van der Waals surface area contributed by atoms with Crippen LogP contribution in [0, 0.1) is 5.92 Å². The number of hydrogen-bond donors (Lipinski definition) is 1. The molecule has 3 nitrogen and oxygen atoms in total. The van der Waals surface area contributed by atoms with Gasteiger partial charge in [-0.05, 0) is 30.8 Å². The topological polar surface area (TPSA) is 51.8 Å². The van der Waals surface area contributed by atoms with E-state index in [0.29, 0.717) is 11.4 Å². The highest BCUT2D eigenvalue weighted by molar-refractivity contribution is 7.05. The third-order valence-corrected chi connectivity index (χ3v) is 3.83. The molecule has 1 aliphatic carbocycles. The molecule has 1 aliphatic rings. The molecule has 2 atom stereocenters. The summed E-state index contributed by atoms with van der Waals surface area (Å²) in [6.07, 6.45) is -2.39. The Morgan fingerprint density at radius 1 is 1.31 bits per heavy atom. The van der Waals surface area contributed by atoms with Crippen molar-refractivity contribution in [2.45, 2.75) is 37.8 Å². The first kappa shape index (κ1) is 11.6. The molecule has 0 amide bonds. The van der Waals surface area contributed by atoms with E-state index in [4.69, 9.17) is 5.73 Å². The maximum Gasteiger partial charge on any atom is 0.391 e. The van der Waals surface area contributed by atoms with Gasteiger partial charge in [-0.3, -0.25) is 0 Å². The van der Waals surface area contributed by atoms with Gasteiger partial charge in [0.2, 0.25) is 5.95 Å². The SMILES string of the molecule is Nc1nsc(C2CCCC(C(F)(F)F)C2)n1. The second-order valence-corrected chi connectivity index (χ2v) is 4.88. The molecular formula is C9H12F3N3S. The van der Waals surface area contributed by atoms with E-state index in [1.54, 1.807) is 0 Å².